The Bertz CT molecular complexity index is 1240. The van der Waals surface area contributed by atoms with Gasteiger partial charge in [-0.25, -0.2) is 8.42 Å². The Labute approximate surface area is 164 Å². The lowest BCUT2D eigenvalue weighted by Crippen LogP contribution is -1.96. The van der Waals surface area contributed by atoms with E-state index in [0.29, 0.717) is 4.90 Å². The number of rotatable bonds is 3. The summed E-state index contributed by atoms with van der Waals surface area (Å²) in [5.74, 6) is 0.764. The molecular formula is C23H20O4S. The van der Waals surface area contributed by atoms with Crippen molar-refractivity contribution < 1.29 is 17.9 Å². The lowest BCUT2D eigenvalue weighted by molar-refractivity contribution is 0.112. The van der Waals surface area contributed by atoms with Crippen LogP contribution in [-0.4, -0.2) is 28.1 Å². The van der Waals surface area contributed by atoms with Crippen molar-refractivity contribution in [2.75, 3.05) is 13.4 Å². The van der Waals surface area contributed by atoms with Crippen LogP contribution in [0.25, 0.3) is 21.5 Å². The fourth-order valence-electron chi connectivity index (χ4n) is 2.91. The second-order valence-electron chi connectivity index (χ2n) is 6.33. The fraction of sp³-hybridized carbons (Fsp3) is 0.0870. The van der Waals surface area contributed by atoms with Gasteiger partial charge in [-0.1, -0.05) is 54.6 Å². The third kappa shape index (κ3) is 4.38. The summed E-state index contributed by atoms with van der Waals surface area (Å²) in [6.45, 7) is 0. The Morgan fingerprint density at radius 1 is 0.786 bits per heavy atom. The van der Waals surface area contributed by atoms with Crippen LogP contribution < -0.4 is 4.74 Å². The van der Waals surface area contributed by atoms with Gasteiger partial charge >= 0.3 is 0 Å². The number of benzene rings is 4. The molecule has 4 rings (SSSR count). The molecule has 0 bridgehead atoms. The quantitative estimate of drug-likeness (QED) is 0.465. The zero-order valence-electron chi connectivity index (χ0n) is 15.6. The first-order valence-electron chi connectivity index (χ1n) is 8.63. The maximum Gasteiger partial charge on any atom is 0.175 e. The summed E-state index contributed by atoms with van der Waals surface area (Å²) in [4.78, 5) is 11.0. The van der Waals surface area contributed by atoms with Gasteiger partial charge < -0.3 is 4.74 Å². The van der Waals surface area contributed by atoms with Gasteiger partial charge in [0, 0.05) is 11.8 Å². The lowest BCUT2D eigenvalue weighted by Gasteiger charge is -2.04. The largest absolute Gasteiger partial charge is 0.497 e. The zero-order chi connectivity index (χ0) is 20.1. The predicted molar refractivity (Wildman–Crippen MR) is 113 cm³/mol. The molecule has 0 heterocycles. The Balaban J connectivity index is 0.000000167. The van der Waals surface area contributed by atoms with Crippen LogP contribution in [-0.2, 0) is 9.84 Å². The normalized spacial score (nSPS) is 10.9. The number of fused-ring (bicyclic) bond motifs is 2. The van der Waals surface area contributed by atoms with Crippen LogP contribution in [0.3, 0.4) is 0 Å². The molecule has 0 aliphatic rings. The molecule has 142 valence electrons. The highest BCUT2D eigenvalue weighted by atomic mass is 32.2. The molecule has 0 unspecified atom stereocenters. The Morgan fingerprint density at radius 3 is 2.18 bits per heavy atom. The van der Waals surface area contributed by atoms with Gasteiger partial charge in [0.05, 0.1) is 12.0 Å². The third-order valence-electron chi connectivity index (χ3n) is 4.40. The van der Waals surface area contributed by atoms with Crippen molar-refractivity contribution in [1.82, 2.24) is 0 Å². The molecule has 4 aromatic rings. The smallest absolute Gasteiger partial charge is 0.175 e. The molecule has 0 spiro atoms. The van der Waals surface area contributed by atoms with Crippen molar-refractivity contribution in [2.24, 2.45) is 0 Å². The maximum absolute atomic E-state index is 11.4. The molecule has 0 aromatic heterocycles. The first-order chi connectivity index (χ1) is 13.4. The van der Waals surface area contributed by atoms with Crippen molar-refractivity contribution >= 4 is 37.7 Å². The summed E-state index contributed by atoms with van der Waals surface area (Å²) in [5.41, 5.74) is 0.758. The SMILES string of the molecule is COc1ccc2cc(S(C)(=O)=O)ccc2c1.O=Cc1cccc2ccccc12. The second kappa shape index (κ2) is 8.23. The van der Waals surface area contributed by atoms with Crippen LogP contribution in [0.5, 0.6) is 5.75 Å². The van der Waals surface area contributed by atoms with Gasteiger partial charge in [0.25, 0.3) is 0 Å². The van der Waals surface area contributed by atoms with E-state index in [1.807, 2.05) is 60.7 Å². The number of hydrogen-bond donors (Lipinski definition) is 0. The number of methoxy groups -OCH3 is 1. The molecule has 0 aliphatic carbocycles. The molecule has 0 aliphatic heterocycles. The maximum atomic E-state index is 11.4. The summed E-state index contributed by atoms with van der Waals surface area (Å²) in [5, 5.41) is 3.99. The first-order valence-corrected chi connectivity index (χ1v) is 10.5. The standard InChI is InChI=1S/C12H12O3S.C11H8O/c1-15-11-5-3-10-8-12(16(2,13)14)6-4-9(10)7-11;12-8-10-6-3-5-9-4-1-2-7-11(9)10/h3-8H,1-2H3;1-8H. The average Bonchev–Trinajstić information content (AvgIpc) is 2.72. The monoisotopic (exact) mass is 392 g/mol. The molecule has 0 amide bonds. The van der Waals surface area contributed by atoms with Crippen LogP contribution in [0.15, 0.2) is 83.8 Å². The van der Waals surface area contributed by atoms with Crippen LogP contribution in [0.1, 0.15) is 10.4 Å². The Kier molecular flexibility index (Phi) is 5.76. The van der Waals surface area contributed by atoms with Crippen molar-refractivity contribution in [1.29, 1.82) is 0 Å². The minimum atomic E-state index is -3.14. The first kappa shape index (κ1) is 19.6. The van der Waals surface area contributed by atoms with E-state index >= 15 is 0 Å². The van der Waals surface area contributed by atoms with Crippen LogP contribution >= 0.6 is 0 Å². The van der Waals surface area contributed by atoms with E-state index < -0.39 is 9.84 Å². The van der Waals surface area contributed by atoms with Gasteiger partial charge in [0.1, 0.15) is 5.75 Å². The molecule has 0 fully saturated rings. The number of aldehydes is 1. The summed E-state index contributed by atoms with van der Waals surface area (Å²) >= 11 is 0. The highest BCUT2D eigenvalue weighted by Crippen LogP contribution is 2.23. The van der Waals surface area contributed by atoms with E-state index in [9.17, 15) is 13.2 Å². The number of ether oxygens (including phenoxy) is 1. The van der Waals surface area contributed by atoms with Crippen molar-refractivity contribution in [3.05, 3.63) is 84.4 Å². The lowest BCUT2D eigenvalue weighted by atomic mass is 10.1. The second-order valence-corrected chi connectivity index (χ2v) is 8.35. The molecule has 28 heavy (non-hydrogen) atoms. The van der Waals surface area contributed by atoms with Gasteiger partial charge in [-0.05, 0) is 45.8 Å². The van der Waals surface area contributed by atoms with Crippen molar-refractivity contribution in [3.63, 3.8) is 0 Å². The van der Waals surface area contributed by atoms with E-state index in [1.54, 1.807) is 25.3 Å². The zero-order valence-corrected chi connectivity index (χ0v) is 16.4. The van der Waals surface area contributed by atoms with E-state index in [-0.39, 0.29) is 0 Å². The number of carbonyl (C=O) groups is 1. The number of hydrogen-bond acceptors (Lipinski definition) is 4. The van der Waals surface area contributed by atoms with Crippen molar-refractivity contribution in [2.45, 2.75) is 4.90 Å². The average molecular weight is 392 g/mol. The summed E-state index contributed by atoms with van der Waals surface area (Å²) in [6.07, 6.45) is 2.10. The van der Waals surface area contributed by atoms with Gasteiger partial charge in [-0.3, -0.25) is 4.79 Å². The number of sulfone groups is 1. The molecule has 4 nitrogen and oxygen atoms in total. The van der Waals surface area contributed by atoms with E-state index in [1.165, 1.54) is 6.26 Å². The third-order valence-corrected chi connectivity index (χ3v) is 5.51. The molecule has 0 saturated heterocycles. The van der Waals surface area contributed by atoms with Gasteiger partial charge in [0.2, 0.25) is 0 Å². The number of carbonyl (C=O) groups excluding carboxylic acids is 1. The summed E-state index contributed by atoms with van der Waals surface area (Å²) in [6, 6.07) is 24.2. The Hall–Kier alpha value is -3.18. The predicted octanol–water partition coefficient (Wildman–Crippen LogP) is 4.90. The fourth-order valence-corrected chi connectivity index (χ4v) is 3.57. The van der Waals surface area contributed by atoms with Gasteiger partial charge in [-0.15, -0.1) is 0 Å². The minimum absolute atomic E-state index is 0.338. The summed E-state index contributed by atoms with van der Waals surface area (Å²) < 4.78 is 27.9. The summed E-state index contributed by atoms with van der Waals surface area (Å²) in [7, 11) is -1.54. The van der Waals surface area contributed by atoms with Crippen LogP contribution in [0.4, 0.5) is 0 Å². The van der Waals surface area contributed by atoms with E-state index in [0.717, 1.165) is 39.1 Å². The molecule has 0 saturated carbocycles. The topological polar surface area (TPSA) is 60.4 Å². The molecule has 0 radical (unpaired) electrons. The minimum Gasteiger partial charge on any atom is -0.497 e. The molecular weight excluding hydrogens is 372 g/mol. The van der Waals surface area contributed by atoms with E-state index in [2.05, 4.69) is 0 Å². The van der Waals surface area contributed by atoms with Gasteiger partial charge in [0.15, 0.2) is 16.1 Å². The van der Waals surface area contributed by atoms with E-state index in [4.69, 9.17) is 4.74 Å². The van der Waals surface area contributed by atoms with Crippen LogP contribution in [0.2, 0.25) is 0 Å². The highest BCUT2D eigenvalue weighted by Gasteiger charge is 2.07. The Morgan fingerprint density at radius 2 is 1.46 bits per heavy atom. The molecule has 5 heteroatoms. The van der Waals surface area contributed by atoms with Crippen LogP contribution in [0, 0.1) is 0 Å². The molecule has 0 N–H and O–H groups in total. The molecule has 4 aromatic carbocycles. The molecule has 0 atom stereocenters. The van der Waals surface area contributed by atoms with Gasteiger partial charge in [-0.2, -0.15) is 0 Å². The van der Waals surface area contributed by atoms with Crippen molar-refractivity contribution in [3.8, 4) is 5.75 Å². The highest BCUT2D eigenvalue weighted by molar-refractivity contribution is 7.90.